The molecule has 0 aliphatic rings. The molecule has 0 fully saturated rings. The van der Waals surface area contributed by atoms with Gasteiger partial charge in [-0.05, 0) is 51.0 Å². The normalized spacial score (nSPS) is 11.3. The van der Waals surface area contributed by atoms with E-state index in [4.69, 9.17) is 14.2 Å². The number of aliphatic imine (C=N–C) groups is 1. The first-order chi connectivity index (χ1) is 13.9. The maximum atomic E-state index is 6.06. The summed E-state index contributed by atoms with van der Waals surface area (Å²) in [5, 5.41) is 6.70. The van der Waals surface area contributed by atoms with Gasteiger partial charge >= 0.3 is 0 Å². The Morgan fingerprint density at radius 1 is 0.933 bits per heavy atom. The van der Waals surface area contributed by atoms with Gasteiger partial charge in [0.25, 0.3) is 0 Å². The van der Waals surface area contributed by atoms with Crippen LogP contribution in [0.5, 0.6) is 17.2 Å². The summed E-state index contributed by atoms with van der Waals surface area (Å²) in [5.41, 5.74) is 2.01. The predicted octanol–water partition coefficient (Wildman–Crippen LogP) is 4.41. The summed E-state index contributed by atoms with van der Waals surface area (Å²) in [6.07, 6.45) is 0.838. The molecule has 30 heavy (non-hydrogen) atoms. The molecule has 0 spiro atoms. The van der Waals surface area contributed by atoms with Gasteiger partial charge in [-0.2, -0.15) is 0 Å². The highest BCUT2D eigenvalue weighted by atomic mass is 127. The lowest BCUT2D eigenvalue weighted by Gasteiger charge is -2.23. The minimum atomic E-state index is -0.241. The van der Waals surface area contributed by atoms with Gasteiger partial charge < -0.3 is 24.8 Å². The van der Waals surface area contributed by atoms with Crippen LogP contribution < -0.4 is 24.8 Å². The zero-order valence-electron chi connectivity index (χ0n) is 18.7. The first-order valence-electron chi connectivity index (χ1n) is 9.78. The second-order valence-electron chi connectivity index (χ2n) is 7.61. The Hall–Kier alpha value is -2.16. The van der Waals surface area contributed by atoms with Crippen LogP contribution >= 0.6 is 24.0 Å². The Morgan fingerprint density at radius 3 is 2.27 bits per heavy atom. The first-order valence-corrected chi connectivity index (χ1v) is 9.78. The minimum Gasteiger partial charge on any atom is -0.493 e. The van der Waals surface area contributed by atoms with E-state index >= 15 is 0 Å². The molecule has 0 saturated carbocycles. The molecule has 2 N–H and O–H groups in total. The number of ether oxygens (including phenoxy) is 3. The van der Waals surface area contributed by atoms with Crippen LogP contribution in [0.1, 0.15) is 31.9 Å². The van der Waals surface area contributed by atoms with E-state index in [1.807, 2.05) is 57.2 Å². The van der Waals surface area contributed by atoms with Crippen molar-refractivity contribution in [1.29, 1.82) is 0 Å². The Labute approximate surface area is 197 Å². The van der Waals surface area contributed by atoms with Gasteiger partial charge in [0.2, 0.25) is 0 Å². The molecule has 0 aliphatic heterocycles. The van der Waals surface area contributed by atoms with Gasteiger partial charge in [0, 0.05) is 25.7 Å². The highest BCUT2D eigenvalue weighted by Gasteiger charge is 2.14. The zero-order valence-corrected chi connectivity index (χ0v) is 21.1. The first kappa shape index (κ1) is 25.9. The van der Waals surface area contributed by atoms with E-state index in [-0.39, 0.29) is 29.6 Å². The van der Waals surface area contributed by atoms with Crippen LogP contribution in [0.15, 0.2) is 47.5 Å². The predicted molar refractivity (Wildman–Crippen MR) is 134 cm³/mol. The summed E-state index contributed by atoms with van der Waals surface area (Å²) >= 11 is 0. The molecule has 6 nitrogen and oxygen atoms in total. The van der Waals surface area contributed by atoms with Crippen molar-refractivity contribution in [3.8, 4) is 17.2 Å². The van der Waals surface area contributed by atoms with Gasteiger partial charge in [0.15, 0.2) is 17.5 Å². The van der Waals surface area contributed by atoms with Crippen LogP contribution in [0.2, 0.25) is 0 Å². The summed E-state index contributed by atoms with van der Waals surface area (Å²) in [7, 11) is 5.05. The van der Waals surface area contributed by atoms with Crippen LogP contribution in [0.4, 0.5) is 0 Å². The van der Waals surface area contributed by atoms with Crippen molar-refractivity contribution in [3.63, 3.8) is 0 Å². The number of nitrogens with one attached hydrogen (secondary N) is 2. The maximum Gasteiger partial charge on any atom is 0.191 e. The van der Waals surface area contributed by atoms with Crippen LogP contribution in [-0.2, 0) is 13.0 Å². The van der Waals surface area contributed by atoms with E-state index < -0.39 is 0 Å². The molecule has 0 aliphatic carbocycles. The summed E-state index contributed by atoms with van der Waals surface area (Å²) in [4.78, 5) is 4.31. The summed E-state index contributed by atoms with van der Waals surface area (Å²) in [5.74, 6) is 3.10. The molecule has 0 aromatic heterocycles. The number of nitrogens with zero attached hydrogens (tertiary/aromatic N) is 1. The van der Waals surface area contributed by atoms with Gasteiger partial charge in [0.05, 0.1) is 14.2 Å². The standard InChI is InChI=1S/C23H33N3O3.HI/c1-23(2,3)29-19-10-8-7-9-18(19)16-26-22(24-4)25-14-13-17-11-12-20(27-5)21(15-17)28-6;/h7-12,15H,13-14,16H2,1-6H3,(H2,24,25,26);1H. The average Bonchev–Trinajstić information content (AvgIpc) is 2.70. The fourth-order valence-electron chi connectivity index (χ4n) is 2.84. The molecular weight excluding hydrogens is 493 g/mol. The third-order valence-corrected chi connectivity index (χ3v) is 4.21. The molecule has 0 amide bonds. The number of methoxy groups -OCH3 is 2. The molecule has 2 aromatic rings. The minimum absolute atomic E-state index is 0. The molecule has 0 saturated heterocycles. The number of para-hydroxylation sites is 1. The summed E-state index contributed by atoms with van der Waals surface area (Å²) in [6.45, 7) is 7.52. The second kappa shape index (κ2) is 12.5. The number of guanidine groups is 1. The average molecular weight is 527 g/mol. The lowest BCUT2D eigenvalue weighted by atomic mass is 10.1. The van der Waals surface area contributed by atoms with E-state index in [0.717, 1.165) is 47.3 Å². The lowest BCUT2D eigenvalue weighted by Crippen LogP contribution is -2.38. The molecule has 0 unspecified atom stereocenters. The zero-order chi connectivity index (χ0) is 21.3. The molecular formula is C23H34IN3O3. The van der Waals surface area contributed by atoms with Gasteiger partial charge in [-0.25, -0.2) is 0 Å². The SMILES string of the molecule is CN=C(NCCc1ccc(OC)c(OC)c1)NCc1ccccc1OC(C)(C)C.I. The number of hydrogen-bond acceptors (Lipinski definition) is 4. The third kappa shape index (κ3) is 8.30. The van der Waals surface area contributed by atoms with Crippen molar-refractivity contribution < 1.29 is 14.2 Å². The van der Waals surface area contributed by atoms with Gasteiger partial charge in [-0.1, -0.05) is 24.3 Å². The van der Waals surface area contributed by atoms with Crippen LogP contribution in [0.25, 0.3) is 0 Å². The van der Waals surface area contributed by atoms with Crippen LogP contribution in [0.3, 0.4) is 0 Å². The van der Waals surface area contributed by atoms with Gasteiger partial charge in [0.1, 0.15) is 11.4 Å². The van der Waals surface area contributed by atoms with Crippen molar-refractivity contribution in [3.05, 3.63) is 53.6 Å². The molecule has 0 atom stereocenters. The number of rotatable bonds is 8. The fraction of sp³-hybridized carbons (Fsp3) is 0.435. The Morgan fingerprint density at radius 2 is 1.63 bits per heavy atom. The van der Waals surface area contributed by atoms with Crippen molar-refractivity contribution in [2.45, 2.75) is 39.3 Å². The van der Waals surface area contributed by atoms with E-state index in [2.05, 4.69) is 21.7 Å². The Balaban J connectivity index is 0.00000450. The highest BCUT2D eigenvalue weighted by molar-refractivity contribution is 14.0. The van der Waals surface area contributed by atoms with Crippen LogP contribution in [0, 0.1) is 0 Å². The van der Waals surface area contributed by atoms with E-state index in [1.54, 1.807) is 21.3 Å². The summed E-state index contributed by atoms with van der Waals surface area (Å²) in [6, 6.07) is 14.0. The fourth-order valence-corrected chi connectivity index (χ4v) is 2.84. The molecule has 2 aromatic carbocycles. The topological polar surface area (TPSA) is 64.1 Å². The monoisotopic (exact) mass is 527 g/mol. The van der Waals surface area contributed by atoms with Gasteiger partial charge in [-0.3, -0.25) is 4.99 Å². The van der Waals surface area contributed by atoms with E-state index in [9.17, 15) is 0 Å². The Kier molecular flexibility index (Phi) is 10.8. The van der Waals surface area contributed by atoms with Gasteiger partial charge in [-0.15, -0.1) is 24.0 Å². The van der Waals surface area contributed by atoms with Crippen molar-refractivity contribution in [2.75, 3.05) is 27.8 Å². The highest BCUT2D eigenvalue weighted by Crippen LogP contribution is 2.27. The van der Waals surface area contributed by atoms with Crippen molar-refractivity contribution in [2.24, 2.45) is 4.99 Å². The molecule has 0 bridgehead atoms. The molecule has 0 heterocycles. The molecule has 2 rings (SSSR count). The Bertz CT molecular complexity index is 820. The maximum absolute atomic E-state index is 6.06. The quantitative estimate of drug-likeness (QED) is 0.303. The van der Waals surface area contributed by atoms with Crippen molar-refractivity contribution in [1.82, 2.24) is 10.6 Å². The molecule has 0 radical (unpaired) electrons. The van der Waals surface area contributed by atoms with Crippen LogP contribution in [-0.4, -0.2) is 39.4 Å². The van der Waals surface area contributed by atoms with E-state index in [0.29, 0.717) is 6.54 Å². The largest absolute Gasteiger partial charge is 0.493 e. The smallest absolute Gasteiger partial charge is 0.191 e. The number of halogens is 1. The summed E-state index contributed by atoms with van der Waals surface area (Å²) < 4.78 is 16.7. The molecule has 7 heteroatoms. The molecule has 166 valence electrons. The third-order valence-electron chi connectivity index (χ3n) is 4.21. The number of benzene rings is 2. The lowest BCUT2D eigenvalue weighted by molar-refractivity contribution is 0.129. The van der Waals surface area contributed by atoms with E-state index in [1.165, 1.54) is 0 Å². The second-order valence-corrected chi connectivity index (χ2v) is 7.61. The number of hydrogen-bond donors (Lipinski definition) is 2. The van der Waals surface area contributed by atoms with Crippen molar-refractivity contribution >= 4 is 29.9 Å².